The van der Waals surface area contributed by atoms with Crippen LogP contribution in [0.25, 0.3) is 5.65 Å². The molecule has 0 bridgehead atoms. The van der Waals surface area contributed by atoms with Crippen LogP contribution in [0.4, 0.5) is 0 Å². The van der Waals surface area contributed by atoms with Crippen LogP contribution in [0.1, 0.15) is 44.1 Å². The Labute approximate surface area is 171 Å². The second-order valence-electron chi connectivity index (χ2n) is 7.95. The van der Waals surface area contributed by atoms with Gasteiger partial charge < -0.3 is 15.4 Å². The summed E-state index contributed by atoms with van der Waals surface area (Å²) >= 11 is 0. The summed E-state index contributed by atoms with van der Waals surface area (Å²) in [6, 6.07) is 14.3. The van der Waals surface area contributed by atoms with Gasteiger partial charge in [-0.1, -0.05) is 24.3 Å². The van der Waals surface area contributed by atoms with E-state index < -0.39 is 0 Å². The standard InChI is InChI=1S/C22H28N6O/c1-22(2)15-17(16-9-4-5-10-18(16)29-22)25-21(23-3)24-13-8-12-20-27-26-19-11-6-7-14-28(19)20/h4-7,9-11,14,17H,8,12-13,15H2,1-3H3,(H2,23,24,25). The van der Waals surface area contributed by atoms with Gasteiger partial charge in [0, 0.05) is 38.2 Å². The fraction of sp³-hybridized carbons (Fsp3) is 0.409. The Morgan fingerprint density at radius 2 is 2.03 bits per heavy atom. The molecule has 7 heteroatoms. The van der Waals surface area contributed by atoms with Crippen LogP contribution >= 0.6 is 0 Å². The number of para-hydroxylation sites is 1. The van der Waals surface area contributed by atoms with Crippen molar-refractivity contribution in [3.8, 4) is 5.75 Å². The topological polar surface area (TPSA) is 75.8 Å². The van der Waals surface area contributed by atoms with E-state index in [1.54, 1.807) is 7.05 Å². The summed E-state index contributed by atoms with van der Waals surface area (Å²) in [4.78, 5) is 4.41. The molecule has 0 fully saturated rings. The van der Waals surface area contributed by atoms with Gasteiger partial charge in [0.05, 0.1) is 6.04 Å². The first-order chi connectivity index (χ1) is 14.1. The minimum atomic E-state index is -0.223. The Morgan fingerprint density at radius 3 is 2.90 bits per heavy atom. The molecule has 4 rings (SSSR count). The number of benzene rings is 1. The van der Waals surface area contributed by atoms with Crippen LogP contribution in [-0.2, 0) is 6.42 Å². The first kappa shape index (κ1) is 19.2. The zero-order valence-electron chi connectivity index (χ0n) is 17.2. The predicted octanol–water partition coefficient (Wildman–Crippen LogP) is 3.13. The number of fused-ring (bicyclic) bond motifs is 2. The second kappa shape index (κ2) is 8.11. The lowest BCUT2D eigenvalue weighted by Gasteiger charge is -2.38. The maximum absolute atomic E-state index is 6.12. The molecule has 0 saturated heterocycles. The molecular weight excluding hydrogens is 364 g/mol. The summed E-state index contributed by atoms with van der Waals surface area (Å²) in [5.41, 5.74) is 1.83. The van der Waals surface area contributed by atoms with E-state index in [9.17, 15) is 0 Å². The van der Waals surface area contributed by atoms with Crippen LogP contribution in [-0.4, -0.2) is 39.8 Å². The number of guanidine groups is 1. The van der Waals surface area contributed by atoms with Crippen molar-refractivity contribution in [2.24, 2.45) is 4.99 Å². The Kier molecular flexibility index (Phi) is 5.38. The van der Waals surface area contributed by atoms with E-state index in [1.165, 1.54) is 5.56 Å². The van der Waals surface area contributed by atoms with Crippen LogP contribution in [0.5, 0.6) is 5.75 Å². The van der Waals surface area contributed by atoms with Crippen molar-refractivity contribution in [3.05, 3.63) is 60.0 Å². The SMILES string of the molecule is CN=C(NCCCc1nnc2ccccn12)NC1CC(C)(C)Oc2ccccc21. The number of nitrogens with zero attached hydrogens (tertiary/aromatic N) is 4. The van der Waals surface area contributed by atoms with Crippen molar-refractivity contribution < 1.29 is 4.74 Å². The second-order valence-corrected chi connectivity index (χ2v) is 7.95. The molecule has 0 saturated carbocycles. The lowest BCUT2D eigenvalue weighted by molar-refractivity contribution is 0.0694. The zero-order valence-corrected chi connectivity index (χ0v) is 17.2. The molecule has 1 aliphatic heterocycles. The highest BCUT2D eigenvalue weighted by molar-refractivity contribution is 5.80. The molecular formula is C22H28N6O. The fourth-order valence-corrected chi connectivity index (χ4v) is 3.81. The van der Waals surface area contributed by atoms with Gasteiger partial charge in [-0.05, 0) is 38.5 Å². The first-order valence-corrected chi connectivity index (χ1v) is 10.1. The highest BCUT2D eigenvalue weighted by Gasteiger charge is 2.33. The minimum absolute atomic E-state index is 0.154. The monoisotopic (exact) mass is 392 g/mol. The maximum atomic E-state index is 6.12. The molecule has 0 aliphatic carbocycles. The minimum Gasteiger partial charge on any atom is -0.487 e. The first-order valence-electron chi connectivity index (χ1n) is 10.1. The normalized spacial score (nSPS) is 18.2. The molecule has 3 aromatic rings. The van der Waals surface area contributed by atoms with Crippen LogP contribution in [0, 0.1) is 0 Å². The number of ether oxygens (including phenoxy) is 1. The predicted molar refractivity (Wildman–Crippen MR) is 114 cm³/mol. The molecule has 152 valence electrons. The van der Waals surface area contributed by atoms with E-state index in [1.807, 2.05) is 47.0 Å². The van der Waals surface area contributed by atoms with Crippen molar-refractivity contribution in [3.63, 3.8) is 0 Å². The van der Waals surface area contributed by atoms with Crippen molar-refractivity contribution in [2.45, 2.75) is 44.8 Å². The van der Waals surface area contributed by atoms with Crippen molar-refractivity contribution >= 4 is 11.6 Å². The van der Waals surface area contributed by atoms with Gasteiger partial charge in [-0.25, -0.2) is 0 Å². The molecule has 1 atom stereocenters. The summed E-state index contributed by atoms with van der Waals surface area (Å²) < 4.78 is 8.16. The molecule has 0 radical (unpaired) electrons. The summed E-state index contributed by atoms with van der Waals surface area (Å²) in [5, 5.41) is 15.5. The Bertz CT molecular complexity index is 1010. The quantitative estimate of drug-likeness (QED) is 0.396. The van der Waals surface area contributed by atoms with Crippen LogP contribution in [0.15, 0.2) is 53.7 Å². The third-order valence-electron chi connectivity index (χ3n) is 5.16. The highest BCUT2D eigenvalue weighted by Crippen LogP contribution is 2.39. The molecule has 0 amide bonds. The van der Waals surface area contributed by atoms with Crippen molar-refractivity contribution in [2.75, 3.05) is 13.6 Å². The van der Waals surface area contributed by atoms with Gasteiger partial charge in [0.25, 0.3) is 0 Å². The third kappa shape index (κ3) is 4.34. The summed E-state index contributed by atoms with van der Waals surface area (Å²) in [5.74, 6) is 2.72. The van der Waals surface area contributed by atoms with Crippen LogP contribution in [0.2, 0.25) is 0 Å². The van der Waals surface area contributed by atoms with Gasteiger partial charge in [0.1, 0.15) is 17.2 Å². The number of aliphatic imine (C=N–C) groups is 1. The molecule has 3 heterocycles. The van der Waals surface area contributed by atoms with Gasteiger partial charge in [-0.2, -0.15) is 0 Å². The van der Waals surface area contributed by atoms with E-state index in [2.05, 4.69) is 45.7 Å². The third-order valence-corrected chi connectivity index (χ3v) is 5.16. The van der Waals surface area contributed by atoms with E-state index in [0.29, 0.717) is 0 Å². The Morgan fingerprint density at radius 1 is 1.21 bits per heavy atom. The molecule has 2 aromatic heterocycles. The van der Waals surface area contributed by atoms with E-state index in [0.717, 1.165) is 49.0 Å². The average Bonchev–Trinajstić information content (AvgIpc) is 3.12. The smallest absolute Gasteiger partial charge is 0.191 e. The Balaban J connectivity index is 1.34. The summed E-state index contributed by atoms with van der Waals surface area (Å²) in [6.45, 7) is 5.04. The average molecular weight is 393 g/mol. The molecule has 2 N–H and O–H groups in total. The summed E-state index contributed by atoms with van der Waals surface area (Å²) in [6.07, 6.45) is 4.66. The molecule has 29 heavy (non-hydrogen) atoms. The van der Waals surface area contributed by atoms with Gasteiger partial charge in [-0.15, -0.1) is 10.2 Å². The number of aryl methyl sites for hydroxylation is 1. The fourth-order valence-electron chi connectivity index (χ4n) is 3.81. The van der Waals surface area contributed by atoms with Gasteiger partial charge >= 0.3 is 0 Å². The van der Waals surface area contributed by atoms with E-state index in [-0.39, 0.29) is 11.6 Å². The number of pyridine rings is 1. The lowest BCUT2D eigenvalue weighted by Crippen LogP contribution is -2.45. The van der Waals surface area contributed by atoms with Crippen molar-refractivity contribution in [1.29, 1.82) is 0 Å². The number of rotatable bonds is 5. The van der Waals surface area contributed by atoms with Gasteiger partial charge in [0.2, 0.25) is 0 Å². The number of hydrogen-bond acceptors (Lipinski definition) is 4. The van der Waals surface area contributed by atoms with Crippen LogP contribution in [0.3, 0.4) is 0 Å². The maximum Gasteiger partial charge on any atom is 0.191 e. The highest BCUT2D eigenvalue weighted by atomic mass is 16.5. The van der Waals surface area contributed by atoms with Gasteiger partial charge in [-0.3, -0.25) is 9.39 Å². The zero-order chi connectivity index (χ0) is 20.3. The van der Waals surface area contributed by atoms with E-state index >= 15 is 0 Å². The molecule has 1 unspecified atom stereocenters. The van der Waals surface area contributed by atoms with Gasteiger partial charge in [0.15, 0.2) is 11.6 Å². The number of hydrogen-bond donors (Lipinski definition) is 2. The van der Waals surface area contributed by atoms with Crippen molar-refractivity contribution in [1.82, 2.24) is 25.2 Å². The van der Waals surface area contributed by atoms with E-state index in [4.69, 9.17) is 4.74 Å². The number of nitrogens with one attached hydrogen (secondary N) is 2. The molecule has 7 nitrogen and oxygen atoms in total. The Hall–Kier alpha value is -3.09. The number of aromatic nitrogens is 3. The molecule has 1 aliphatic rings. The summed E-state index contributed by atoms with van der Waals surface area (Å²) in [7, 11) is 1.80. The van der Waals surface area contributed by atoms with Crippen LogP contribution < -0.4 is 15.4 Å². The largest absolute Gasteiger partial charge is 0.487 e. The molecule has 1 aromatic carbocycles. The lowest BCUT2D eigenvalue weighted by atomic mass is 9.90. The molecule has 0 spiro atoms.